The lowest BCUT2D eigenvalue weighted by Crippen LogP contribution is -2.19. The summed E-state index contributed by atoms with van der Waals surface area (Å²) in [6, 6.07) is 2.52. The first-order chi connectivity index (χ1) is 12.3. The second kappa shape index (κ2) is 7.78. The fraction of sp³-hybridized carbons (Fsp3) is 0.417. The van der Waals surface area contributed by atoms with Crippen molar-refractivity contribution < 1.29 is 41.6 Å². The molecule has 0 aliphatic heterocycles. The molecule has 27 heavy (non-hydrogen) atoms. The summed E-state index contributed by atoms with van der Waals surface area (Å²) in [6.07, 6.45) is -4.83. The second-order valence-corrected chi connectivity index (χ2v) is 6.49. The number of nitrogens with zero attached hydrogens (tertiary/aromatic N) is 4. The molecule has 0 saturated carbocycles. The van der Waals surface area contributed by atoms with E-state index in [2.05, 4.69) is 24.8 Å². The Bertz CT molecular complexity index is 873. The number of hydrogen-bond donors (Lipinski definition) is 3. The number of phosphoric ester groups is 1. The summed E-state index contributed by atoms with van der Waals surface area (Å²) >= 11 is 0. The van der Waals surface area contributed by atoms with Crippen molar-refractivity contribution in [2.24, 2.45) is 7.05 Å². The molecule has 15 heteroatoms. The molecule has 0 aromatic carbocycles. The van der Waals surface area contributed by atoms with Crippen molar-refractivity contribution >= 4 is 19.5 Å². The maximum atomic E-state index is 12.3. The van der Waals surface area contributed by atoms with Crippen LogP contribution in [0.1, 0.15) is 21.9 Å². The SMILES string of the molecule is Cc1cc(NC(=O)c2cc(COC(F)(F)F)nn2C)n(COP(=O)(O)O)n1. The van der Waals surface area contributed by atoms with Crippen LogP contribution in [-0.2, 0) is 34.2 Å². The molecule has 0 radical (unpaired) electrons. The first kappa shape index (κ1) is 21.1. The third-order valence-electron chi connectivity index (χ3n) is 3.04. The van der Waals surface area contributed by atoms with Crippen LogP contribution >= 0.6 is 7.82 Å². The standard InChI is InChI=1S/C12H15F3N5O6P/c1-7-3-10(20(17-7)6-26-27(22,23)24)16-11(21)9-4-8(18-19(9)2)5-25-12(13,14)15/h3-4H,5-6H2,1-2H3,(H,16,21)(H2,22,23,24). The van der Waals surface area contributed by atoms with Crippen LogP contribution in [0, 0.1) is 6.92 Å². The first-order valence-corrected chi connectivity index (χ1v) is 8.66. The number of anilines is 1. The number of nitrogens with one attached hydrogen (secondary N) is 1. The highest BCUT2D eigenvalue weighted by Crippen LogP contribution is 2.36. The molecular weight excluding hydrogens is 398 g/mol. The summed E-state index contributed by atoms with van der Waals surface area (Å²) in [5, 5.41) is 10.1. The highest BCUT2D eigenvalue weighted by atomic mass is 31.2. The van der Waals surface area contributed by atoms with Gasteiger partial charge in [-0.2, -0.15) is 10.2 Å². The van der Waals surface area contributed by atoms with Crippen molar-refractivity contribution in [1.29, 1.82) is 0 Å². The lowest BCUT2D eigenvalue weighted by Gasteiger charge is -2.10. The van der Waals surface area contributed by atoms with Crippen LogP contribution in [0.5, 0.6) is 0 Å². The van der Waals surface area contributed by atoms with Gasteiger partial charge in [0.15, 0.2) is 6.73 Å². The molecule has 3 N–H and O–H groups in total. The van der Waals surface area contributed by atoms with Crippen LogP contribution in [0.2, 0.25) is 0 Å². The summed E-state index contributed by atoms with van der Waals surface area (Å²) in [5.74, 6) is -0.680. The van der Waals surface area contributed by atoms with Gasteiger partial charge in [0, 0.05) is 13.1 Å². The molecule has 0 fully saturated rings. The van der Waals surface area contributed by atoms with E-state index in [0.29, 0.717) is 5.69 Å². The lowest BCUT2D eigenvalue weighted by atomic mass is 10.3. The average Bonchev–Trinajstić information content (AvgIpc) is 3.04. The number of aryl methyl sites for hydroxylation is 2. The second-order valence-electron chi connectivity index (χ2n) is 5.25. The number of phosphoric acid groups is 1. The van der Waals surface area contributed by atoms with E-state index in [0.717, 1.165) is 15.4 Å². The van der Waals surface area contributed by atoms with Gasteiger partial charge in [-0.25, -0.2) is 9.25 Å². The summed E-state index contributed by atoms with van der Waals surface area (Å²) < 4.78 is 57.1. The number of halogens is 3. The molecule has 2 aromatic rings. The quantitative estimate of drug-likeness (QED) is 0.577. The van der Waals surface area contributed by atoms with Gasteiger partial charge in [0.2, 0.25) is 0 Å². The van der Waals surface area contributed by atoms with E-state index in [-0.39, 0.29) is 17.2 Å². The van der Waals surface area contributed by atoms with E-state index in [9.17, 15) is 22.5 Å². The van der Waals surface area contributed by atoms with Crippen molar-refractivity contribution in [2.45, 2.75) is 26.6 Å². The summed E-state index contributed by atoms with van der Waals surface area (Å²) in [4.78, 5) is 29.8. The van der Waals surface area contributed by atoms with Crippen LogP contribution in [0.15, 0.2) is 12.1 Å². The van der Waals surface area contributed by atoms with Gasteiger partial charge in [-0.3, -0.25) is 18.7 Å². The molecule has 1 amide bonds. The molecule has 0 spiro atoms. The minimum absolute atomic E-state index is 0.0558. The molecule has 0 bridgehead atoms. The van der Waals surface area contributed by atoms with Gasteiger partial charge >= 0.3 is 14.2 Å². The van der Waals surface area contributed by atoms with Gasteiger partial charge in [-0.05, 0) is 13.0 Å². The van der Waals surface area contributed by atoms with E-state index < -0.39 is 33.4 Å². The number of hydrogen-bond acceptors (Lipinski definition) is 6. The van der Waals surface area contributed by atoms with Crippen molar-refractivity contribution in [1.82, 2.24) is 19.6 Å². The number of carbonyl (C=O) groups is 1. The van der Waals surface area contributed by atoms with Crippen LogP contribution in [-0.4, -0.2) is 41.6 Å². The topological polar surface area (TPSA) is 141 Å². The Morgan fingerprint density at radius 2 is 2.00 bits per heavy atom. The molecule has 2 aromatic heterocycles. The van der Waals surface area contributed by atoms with Crippen LogP contribution in [0.3, 0.4) is 0 Å². The molecule has 0 aliphatic rings. The number of rotatable bonds is 7. The Morgan fingerprint density at radius 1 is 1.33 bits per heavy atom. The molecule has 0 unspecified atom stereocenters. The monoisotopic (exact) mass is 413 g/mol. The maximum Gasteiger partial charge on any atom is 0.522 e. The lowest BCUT2D eigenvalue weighted by molar-refractivity contribution is -0.330. The van der Waals surface area contributed by atoms with E-state index in [1.54, 1.807) is 6.92 Å². The van der Waals surface area contributed by atoms with Gasteiger partial charge in [-0.15, -0.1) is 13.2 Å². The Kier molecular flexibility index (Phi) is 6.07. The molecule has 2 heterocycles. The van der Waals surface area contributed by atoms with E-state index in [1.165, 1.54) is 13.1 Å². The maximum absolute atomic E-state index is 12.3. The van der Waals surface area contributed by atoms with E-state index in [4.69, 9.17) is 9.79 Å². The molecule has 0 atom stereocenters. The molecular formula is C12H15F3N5O6P. The number of alkyl halides is 3. The zero-order valence-electron chi connectivity index (χ0n) is 14.0. The first-order valence-electron chi connectivity index (χ1n) is 7.13. The zero-order valence-corrected chi connectivity index (χ0v) is 14.9. The fourth-order valence-corrected chi connectivity index (χ4v) is 2.28. The van der Waals surface area contributed by atoms with Gasteiger partial charge in [0.05, 0.1) is 11.4 Å². The van der Waals surface area contributed by atoms with E-state index in [1.807, 2.05) is 0 Å². The molecule has 2 rings (SSSR count). The van der Waals surface area contributed by atoms with Crippen molar-refractivity contribution in [3.8, 4) is 0 Å². The normalized spacial score (nSPS) is 12.4. The van der Waals surface area contributed by atoms with Crippen molar-refractivity contribution in [3.63, 3.8) is 0 Å². The predicted molar refractivity (Wildman–Crippen MR) is 82.1 cm³/mol. The Morgan fingerprint density at radius 3 is 2.59 bits per heavy atom. The molecule has 11 nitrogen and oxygen atoms in total. The highest BCUT2D eigenvalue weighted by Gasteiger charge is 2.29. The number of amides is 1. The Hall–Kier alpha value is -2.25. The van der Waals surface area contributed by atoms with Crippen molar-refractivity contribution in [3.05, 3.63) is 29.2 Å². The van der Waals surface area contributed by atoms with Gasteiger partial charge in [-0.1, -0.05) is 0 Å². The van der Waals surface area contributed by atoms with Crippen molar-refractivity contribution in [2.75, 3.05) is 5.32 Å². The van der Waals surface area contributed by atoms with Gasteiger partial charge in [0.25, 0.3) is 5.91 Å². The molecule has 0 aliphatic carbocycles. The number of carbonyl (C=O) groups excluding carboxylic acids is 1. The van der Waals surface area contributed by atoms with Crippen LogP contribution < -0.4 is 5.32 Å². The zero-order chi connectivity index (χ0) is 20.4. The van der Waals surface area contributed by atoms with E-state index >= 15 is 0 Å². The highest BCUT2D eigenvalue weighted by molar-refractivity contribution is 7.46. The van der Waals surface area contributed by atoms with Gasteiger partial charge < -0.3 is 15.1 Å². The fourth-order valence-electron chi connectivity index (χ4n) is 2.02. The number of ether oxygens (including phenoxy) is 1. The number of aromatic nitrogens is 4. The average molecular weight is 413 g/mol. The largest absolute Gasteiger partial charge is 0.522 e. The summed E-state index contributed by atoms with van der Waals surface area (Å²) in [5.41, 5.74) is 0.232. The summed E-state index contributed by atoms with van der Waals surface area (Å²) in [7, 11) is -3.40. The Balaban J connectivity index is 2.11. The predicted octanol–water partition coefficient (Wildman–Crippen LogP) is 1.28. The summed E-state index contributed by atoms with van der Waals surface area (Å²) in [6.45, 7) is 0.0713. The molecule has 0 saturated heterocycles. The minimum Gasteiger partial charge on any atom is -0.305 e. The van der Waals surface area contributed by atoms with Crippen LogP contribution in [0.25, 0.3) is 0 Å². The molecule has 150 valence electrons. The third-order valence-corrected chi connectivity index (χ3v) is 3.49. The smallest absolute Gasteiger partial charge is 0.305 e. The van der Waals surface area contributed by atoms with Gasteiger partial charge in [0.1, 0.15) is 18.1 Å². The van der Waals surface area contributed by atoms with Crippen LogP contribution in [0.4, 0.5) is 19.0 Å². The minimum atomic E-state index is -4.83. The third kappa shape index (κ3) is 6.45. The Labute approximate surface area is 149 Å².